The van der Waals surface area contributed by atoms with Crippen molar-refractivity contribution in [2.45, 2.75) is 22.4 Å². The molecule has 0 aliphatic carbocycles. The van der Waals surface area contributed by atoms with Crippen LogP contribution in [0.25, 0.3) is 5.69 Å². The molecule has 2 atom stereocenters. The summed E-state index contributed by atoms with van der Waals surface area (Å²) in [5.74, 6) is 1.22. The quantitative estimate of drug-likeness (QED) is 0.293. The zero-order valence-electron chi connectivity index (χ0n) is 19.1. The zero-order chi connectivity index (χ0) is 24.7. The fourth-order valence-electron chi connectivity index (χ4n) is 4.41. The summed E-state index contributed by atoms with van der Waals surface area (Å²) < 4.78 is 5.31. The maximum atomic E-state index is 12.1. The predicted octanol–water partition coefficient (Wildman–Crippen LogP) is 4.43. The van der Waals surface area contributed by atoms with Crippen molar-refractivity contribution in [1.82, 2.24) is 15.0 Å². The SMILES string of the molecule is COc1ccc(C2=NOC3(c4cnn(-c5ccccc5)n4)CC([N+](=O)[O-])Sc4ccccc4N23)cc1. The highest BCUT2D eigenvalue weighted by atomic mass is 32.2. The Bertz CT molecular complexity index is 1460. The number of nitro groups is 1. The molecule has 0 fully saturated rings. The van der Waals surface area contributed by atoms with Gasteiger partial charge in [0.25, 0.3) is 11.1 Å². The number of ether oxygens (including phenoxy) is 1. The summed E-state index contributed by atoms with van der Waals surface area (Å²) in [7, 11) is 1.60. The molecule has 2 unspecified atom stereocenters. The van der Waals surface area contributed by atoms with Gasteiger partial charge in [0.2, 0.25) is 0 Å². The molecule has 2 aliphatic heterocycles. The Hall–Kier alpha value is -4.38. The normalized spacial score (nSPS) is 20.5. The van der Waals surface area contributed by atoms with E-state index < -0.39 is 11.1 Å². The van der Waals surface area contributed by atoms with Crippen LogP contribution in [0.3, 0.4) is 0 Å². The van der Waals surface area contributed by atoms with E-state index in [4.69, 9.17) is 14.7 Å². The second kappa shape index (κ2) is 8.68. The number of methoxy groups -OCH3 is 1. The Labute approximate surface area is 210 Å². The van der Waals surface area contributed by atoms with Gasteiger partial charge >= 0.3 is 0 Å². The molecule has 0 N–H and O–H groups in total. The molecule has 6 rings (SSSR count). The van der Waals surface area contributed by atoms with Gasteiger partial charge in [-0.1, -0.05) is 35.5 Å². The molecule has 3 heterocycles. The average Bonchev–Trinajstić information content (AvgIpc) is 3.53. The van der Waals surface area contributed by atoms with Gasteiger partial charge in [0, 0.05) is 15.4 Å². The van der Waals surface area contributed by atoms with Gasteiger partial charge in [0.05, 0.1) is 31.1 Å². The van der Waals surface area contributed by atoms with Crippen LogP contribution in [0, 0.1) is 10.1 Å². The number of aromatic nitrogens is 3. The lowest BCUT2D eigenvalue weighted by atomic mass is 10.0. The van der Waals surface area contributed by atoms with Gasteiger partial charge in [-0.25, -0.2) is 0 Å². The fourth-order valence-corrected chi connectivity index (χ4v) is 5.53. The standard InChI is InChI=1S/C25H20N6O4S/c1-34-19-13-11-17(12-14-19)24-28-35-25(22-16-26-30(27-22)18-7-3-2-4-8-18)15-23(31(32)33)36-21-10-6-5-9-20(21)29(24)25/h2-14,16,23H,15H2,1H3. The molecule has 180 valence electrons. The van der Waals surface area contributed by atoms with E-state index in [-0.39, 0.29) is 11.3 Å². The molecular weight excluding hydrogens is 480 g/mol. The highest BCUT2D eigenvalue weighted by molar-refractivity contribution is 7.99. The van der Waals surface area contributed by atoms with Gasteiger partial charge in [-0.15, -0.1) is 5.10 Å². The number of hydrogen-bond donors (Lipinski definition) is 0. The highest BCUT2D eigenvalue weighted by Crippen LogP contribution is 2.51. The smallest absolute Gasteiger partial charge is 0.269 e. The first kappa shape index (κ1) is 22.1. The van der Waals surface area contributed by atoms with Crippen LogP contribution >= 0.6 is 11.8 Å². The molecule has 0 bridgehead atoms. The summed E-state index contributed by atoms with van der Waals surface area (Å²) in [6.07, 6.45) is 1.58. The number of thioether (sulfide) groups is 1. The molecule has 36 heavy (non-hydrogen) atoms. The third-order valence-corrected chi connectivity index (χ3v) is 7.35. The van der Waals surface area contributed by atoms with Gasteiger partial charge in [-0.3, -0.25) is 15.0 Å². The van der Waals surface area contributed by atoms with Gasteiger partial charge in [-0.05, 0) is 60.3 Å². The van der Waals surface area contributed by atoms with Crippen LogP contribution in [0.15, 0.2) is 95.1 Å². The van der Waals surface area contributed by atoms with E-state index in [0.717, 1.165) is 21.8 Å². The lowest BCUT2D eigenvalue weighted by Crippen LogP contribution is -2.48. The van der Waals surface area contributed by atoms with Crippen molar-refractivity contribution in [1.29, 1.82) is 0 Å². The Kier molecular flexibility index (Phi) is 5.33. The van der Waals surface area contributed by atoms with Crippen LogP contribution in [0.1, 0.15) is 17.7 Å². The van der Waals surface area contributed by atoms with Crippen molar-refractivity contribution in [2.75, 3.05) is 12.0 Å². The van der Waals surface area contributed by atoms with Crippen molar-refractivity contribution < 1.29 is 14.5 Å². The molecule has 4 aromatic rings. The van der Waals surface area contributed by atoms with E-state index in [1.807, 2.05) is 83.8 Å². The number of nitrogens with zero attached hydrogens (tertiary/aromatic N) is 6. The first-order valence-electron chi connectivity index (χ1n) is 11.2. The predicted molar refractivity (Wildman–Crippen MR) is 134 cm³/mol. The Morgan fingerprint density at radius 3 is 2.58 bits per heavy atom. The molecule has 0 radical (unpaired) electrons. The summed E-state index contributed by atoms with van der Waals surface area (Å²) in [5, 5.41) is 24.8. The summed E-state index contributed by atoms with van der Waals surface area (Å²) in [4.78, 5) is 22.2. The first-order valence-corrected chi connectivity index (χ1v) is 12.1. The lowest BCUT2D eigenvalue weighted by molar-refractivity contribution is -0.499. The number of rotatable bonds is 5. The number of para-hydroxylation sites is 2. The van der Waals surface area contributed by atoms with Crippen LogP contribution < -0.4 is 9.64 Å². The number of fused-ring (bicyclic) bond motifs is 3. The van der Waals surface area contributed by atoms with E-state index in [1.165, 1.54) is 16.6 Å². The van der Waals surface area contributed by atoms with E-state index in [2.05, 4.69) is 10.3 Å². The maximum absolute atomic E-state index is 12.1. The molecule has 0 saturated heterocycles. The molecule has 10 nitrogen and oxygen atoms in total. The monoisotopic (exact) mass is 500 g/mol. The topological polar surface area (TPSA) is 108 Å². The van der Waals surface area contributed by atoms with Crippen LogP contribution in [0.5, 0.6) is 5.75 Å². The van der Waals surface area contributed by atoms with Crippen LogP contribution in [0.2, 0.25) is 0 Å². The number of benzene rings is 3. The summed E-state index contributed by atoms with van der Waals surface area (Å²) in [6.45, 7) is 0. The third-order valence-electron chi connectivity index (χ3n) is 6.14. The van der Waals surface area contributed by atoms with Crippen molar-refractivity contribution in [3.63, 3.8) is 0 Å². The van der Waals surface area contributed by atoms with E-state index in [9.17, 15) is 10.1 Å². The van der Waals surface area contributed by atoms with Crippen LogP contribution in [-0.4, -0.2) is 38.2 Å². The van der Waals surface area contributed by atoms with E-state index >= 15 is 0 Å². The minimum absolute atomic E-state index is 0.00398. The average molecular weight is 501 g/mol. The fraction of sp³-hybridized carbons (Fsp3) is 0.160. The second-order valence-electron chi connectivity index (χ2n) is 8.24. The van der Waals surface area contributed by atoms with E-state index in [1.54, 1.807) is 13.3 Å². The Morgan fingerprint density at radius 1 is 1.08 bits per heavy atom. The van der Waals surface area contributed by atoms with Crippen LogP contribution in [0.4, 0.5) is 5.69 Å². The molecule has 1 aromatic heterocycles. The van der Waals surface area contributed by atoms with Gasteiger partial charge in [0.1, 0.15) is 5.75 Å². The molecule has 0 spiro atoms. The molecule has 11 heteroatoms. The lowest BCUT2D eigenvalue weighted by Gasteiger charge is -2.34. The van der Waals surface area contributed by atoms with Crippen molar-refractivity contribution in [3.05, 3.63) is 106 Å². The van der Waals surface area contributed by atoms with Gasteiger partial charge in [-0.2, -0.15) is 9.90 Å². The zero-order valence-corrected chi connectivity index (χ0v) is 19.9. The highest BCUT2D eigenvalue weighted by Gasteiger charge is 2.57. The number of hydrogen-bond acceptors (Lipinski definition) is 9. The number of oxime groups is 1. The molecule has 3 aromatic carbocycles. The first-order chi connectivity index (χ1) is 17.6. The molecule has 0 saturated carbocycles. The summed E-state index contributed by atoms with van der Waals surface area (Å²) in [6, 6.07) is 24.4. The molecular formula is C25H20N6O4S. The van der Waals surface area contributed by atoms with Gasteiger partial charge < -0.3 is 9.57 Å². The summed E-state index contributed by atoms with van der Waals surface area (Å²) in [5.41, 5.74) is 1.32. The van der Waals surface area contributed by atoms with Gasteiger partial charge in [0.15, 0.2) is 11.5 Å². The maximum Gasteiger partial charge on any atom is 0.269 e. The Morgan fingerprint density at radius 2 is 1.83 bits per heavy atom. The minimum atomic E-state index is -1.38. The van der Waals surface area contributed by atoms with Crippen LogP contribution in [-0.2, 0) is 10.6 Å². The third kappa shape index (κ3) is 3.55. The van der Waals surface area contributed by atoms with Crippen molar-refractivity contribution in [2.24, 2.45) is 5.16 Å². The van der Waals surface area contributed by atoms with Crippen molar-refractivity contribution >= 4 is 23.3 Å². The minimum Gasteiger partial charge on any atom is -0.497 e. The number of anilines is 1. The number of amidine groups is 1. The second-order valence-corrected chi connectivity index (χ2v) is 9.46. The Balaban J connectivity index is 1.53. The largest absolute Gasteiger partial charge is 0.497 e. The van der Waals surface area contributed by atoms with Crippen molar-refractivity contribution in [3.8, 4) is 11.4 Å². The molecule has 2 aliphatic rings. The van der Waals surface area contributed by atoms with E-state index in [0.29, 0.717) is 17.3 Å². The molecule has 0 amide bonds. The summed E-state index contributed by atoms with van der Waals surface area (Å²) >= 11 is 1.19.